The maximum absolute atomic E-state index is 14.6. The number of methoxy groups -OCH3 is 1. The summed E-state index contributed by atoms with van der Waals surface area (Å²) in [4.78, 5) is 32.8. The zero-order valence-corrected chi connectivity index (χ0v) is 29.6. The molecule has 2 bridgehead atoms. The first-order chi connectivity index (χ1) is 23.7. The number of hydrogen-bond acceptors (Lipinski definition) is 6. The smallest absolute Gasteiger partial charge is 0.304 e. The van der Waals surface area contributed by atoms with Gasteiger partial charge in [-0.1, -0.05) is 25.3 Å². The van der Waals surface area contributed by atoms with E-state index in [0.29, 0.717) is 31.1 Å². The van der Waals surface area contributed by atoms with Crippen molar-refractivity contribution in [3.05, 3.63) is 53.6 Å². The number of carbonyl (C=O) groups is 2. The summed E-state index contributed by atoms with van der Waals surface area (Å²) in [5.74, 6) is 0.783. The van der Waals surface area contributed by atoms with Gasteiger partial charge in [-0.25, -0.2) is 4.72 Å². The topological polar surface area (TPSA) is 104 Å². The van der Waals surface area contributed by atoms with Crippen molar-refractivity contribution in [3.8, 4) is 17.0 Å². The van der Waals surface area contributed by atoms with E-state index in [1.807, 2.05) is 24.3 Å². The van der Waals surface area contributed by atoms with Crippen molar-refractivity contribution < 1.29 is 22.7 Å². The quantitative estimate of drug-likeness (QED) is 0.318. The maximum atomic E-state index is 14.6. The average molecular weight is 688 g/mol. The normalized spacial score (nSPS) is 24.4. The molecule has 2 amide bonds. The minimum Gasteiger partial charge on any atom is -0.497 e. The lowest BCUT2D eigenvalue weighted by molar-refractivity contribution is -0.143. The summed E-state index contributed by atoms with van der Waals surface area (Å²) in [6, 6.07) is 14.4. The predicted molar refractivity (Wildman–Crippen MR) is 190 cm³/mol. The highest BCUT2D eigenvalue weighted by Gasteiger charge is 2.56. The molecule has 1 aromatic heterocycles. The maximum Gasteiger partial charge on any atom is 0.304 e. The van der Waals surface area contributed by atoms with Gasteiger partial charge in [-0.2, -0.15) is 12.7 Å². The van der Waals surface area contributed by atoms with Gasteiger partial charge >= 0.3 is 10.2 Å². The second-order valence-corrected chi connectivity index (χ2v) is 17.0. The van der Waals surface area contributed by atoms with Crippen LogP contribution in [0.1, 0.15) is 92.5 Å². The molecule has 49 heavy (non-hydrogen) atoms. The standard InChI is InChI=1S/C38H49N5O5S/c1-40-23-29-13-14-30(24-40)43(29)37(45)38(18-19-38)25-42-33-22-28(36(44)39-49(46,47)41-20-6-7-21-41)12-17-32(33)34(26-8-4-3-5-9-26)35(42)27-10-15-31(48-2)16-11-27/h10-12,15-17,22,26,29-30H,3-9,13-14,18-21,23-25H2,1-2H3,(H,39,44). The molecular weight excluding hydrogens is 639 g/mol. The van der Waals surface area contributed by atoms with Crippen LogP contribution in [-0.2, 0) is 21.5 Å². The Hall–Kier alpha value is -3.41. The summed E-state index contributed by atoms with van der Waals surface area (Å²) in [5.41, 5.74) is 4.14. The van der Waals surface area contributed by atoms with Gasteiger partial charge in [-0.15, -0.1) is 0 Å². The molecule has 2 unspecified atom stereocenters. The van der Waals surface area contributed by atoms with E-state index in [2.05, 4.69) is 38.3 Å². The molecule has 5 fully saturated rings. The van der Waals surface area contributed by atoms with E-state index >= 15 is 0 Å². The van der Waals surface area contributed by atoms with Crippen molar-refractivity contribution in [2.24, 2.45) is 5.41 Å². The zero-order valence-electron chi connectivity index (χ0n) is 28.8. The molecule has 2 atom stereocenters. The summed E-state index contributed by atoms with van der Waals surface area (Å²) in [6.45, 7) is 3.22. The Kier molecular flexibility index (Phi) is 8.51. The van der Waals surface area contributed by atoms with Crippen LogP contribution in [0.15, 0.2) is 42.5 Å². The number of aromatic nitrogens is 1. The Morgan fingerprint density at radius 3 is 2.20 bits per heavy atom. The van der Waals surface area contributed by atoms with Crippen LogP contribution in [0.5, 0.6) is 5.75 Å². The van der Waals surface area contributed by atoms with Crippen LogP contribution in [0.4, 0.5) is 0 Å². The highest BCUT2D eigenvalue weighted by molar-refractivity contribution is 7.87. The minimum atomic E-state index is -3.93. The van der Waals surface area contributed by atoms with Crippen LogP contribution in [0.25, 0.3) is 22.2 Å². The van der Waals surface area contributed by atoms with Crippen LogP contribution in [0.2, 0.25) is 0 Å². The lowest BCUT2D eigenvalue weighted by atomic mass is 9.81. The number of hydrogen-bond donors (Lipinski definition) is 1. The molecule has 4 heterocycles. The Balaban J connectivity index is 1.25. The number of piperazine rings is 1. The molecule has 2 aliphatic carbocycles. The van der Waals surface area contributed by atoms with Crippen LogP contribution in [-0.4, -0.2) is 91.3 Å². The Bertz CT molecular complexity index is 1840. The van der Waals surface area contributed by atoms with Crippen molar-refractivity contribution in [3.63, 3.8) is 0 Å². The van der Waals surface area contributed by atoms with Gasteiger partial charge in [0, 0.05) is 61.3 Å². The highest BCUT2D eigenvalue weighted by Crippen LogP contribution is 2.53. The number of benzene rings is 2. The number of carbonyl (C=O) groups excluding carboxylic acids is 2. The number of likely N-dealkylation sites (tertiary alicyclic amines) is 1. The fourth-order valence-corrected chi connectivity index (χ4v) is 10.5. The van der Waals surface area contributed by atoms with Gasteiger partial charge < -0.3 is 19.1 Å². The molecule has 3 aromatic rings. The monoisotopic (exact) mass is 687 g/mol. The molecule has 1 N–H and O–H groups in total. The molecule has 0 spiro atoms. The lowest BCUT2D eigenvalue weighted by Gasteiger charge is -2.41. The first kappa shape index (κ1) is 32.8. The highest BCUT2D eigenvalue weighted by atomic mass is 32.2. The van der Waals surface area contributed by atoms with E-state index in [4.69, 9.17) is 4.74 Å². The van der Waals surface area contributed by atoms with Gasteiger partial charge in [0.2, 0.25) is 5.91 Å². The van der Waals surface area contributed by atoms with E-state index in [1.54, 1.807) is 13.2 Å². The fraction of sp³-hybridized carbons (Fsp3) is 0.579. The van der Waals surface area contributed by atoms with Gasteiger partial charge in [0.25, 0.3) is 5.91 Å². The van der Waals surface area contributed by atoms with Gasteiger partial charge in [0.05, 0.1) is 18.2 Å². The molecule has 8 rings (SSSR count). The summed E-state index contributed by atoms with van der Waals surface area (Å²) >= 11 is 0. The third kappa shape index (κ3) is 5.95. The van der Waals surface area contributed by atoms with Crippen LogP contribution < -0.4 is 9.46 Å². The number of amides is 2. The first-order valence-corrected chi connectivity index (χ1v) is 19.8. The van der Waals surface area contributed by atoms with Crippen molar-refractivity contribution in [1.29, 1.82) is 0 Å². The average Bonchev–Trinajstić information content (AvgIpc) is 3.40. The lowest BCUT2D eigenvalue weighted by Crippen LogP contribution is -2.56. The second kappa shape index (κ2) is 12.7. The molecule has 11 heteroatoms. The molecule has 10 nitrogen and oxygen atoms in total. The summed E-state index contributed by atoms with van der Waals surface area (Å²) in [5, 5.41) is 1.08. The van der Waals surface area contributed by atoms with Gasteiger partial charge in [-0.05, 0) is 112 Å². The number of nitrogens with one attached hydrogen (secondary N) is 1. The van der Waals surface area contributed by atoms with Crippen molar-refractivity contribution >= 4 is 32.9 Å². The Morgan fingerprint density at radius 2 is 1.57 bits per heavy atom. The largest absolute Gasteiger partial charge is 0.497 e. The van der Waals surface area contributed by atoms with E-state index in [1.165, 1.54) is 29.1 Å². The van der Waals surface area contributed by atoms with E-state index < -0.39 is 21.5 Å². The summed E-state index contributed by atoms with van der Waals surface area (Å²) in [7, 11) is -0.103. The summed E-state index contributed by atoms with van der Waals surface area (Å²) < 4.78 is 37.7. The minimum absolute atomic E-state index is 0.266. The SMILES string of the molecule is COc1ccc(-c2c(C3CCCCC3)c3ccc(C(=O)NS(=O)(=O)N4CCCC4)cc3n2CC2(C(=O)N3C4CCC3CN(C)C4)CC2)cc1. The van der Waals surface area contributed by atoms with Crippen molar-refractivity contribution in [2.75, 3.05) is 40.3 Å². The third-order valence-corrected chi connectivity index (χ3v) is 13.5. The van der Waals surface area contributed by atoms with Crippen LogP contribution in [0.3, 0.4) is 0 Å². The van der Waals surface area contributed by atoms with Gasteiger partial charge in [-0.3, -0.25) is 9.59 Å². The second-order valence-electron chi connectivity index (χ2n) is 15.3. The molecular formula is C38H49N5O5S. The van der Waals surface area contributed by atoms with Crippen LogP contribution in [0, 0.1) is 5.41 Å². The predicted octanol–water partition coefficient (Wildman–Crippen LogP) is 5.52. The molecule has 2 saturated carbocycles. The number of likely N-dealkylation sites (N-methyl/N-ethyl adjacent to an activating group) is 1. The van der Waals surface area contributed by atoms with Crippen LogP contribution >= 0.6 is 0 Å². The number of fused-ring (bicyclic) bond motifs is 3. The van der Waals surface area contributed by atoms with E-state index in [9.17, 15) is 18.0 Å². The number of rotatable bonds is 9. The fourth-order valence-electron chi connectivity index (χ4n) is 9.33. The van der Waals surface area contributed by atoms with Crippen molar-refractivity contribution in [1.82, 2.24) is 23.4 Å². The summed E-state index contributed by atoms with van der Waals surface area (Å²) in [6.07, 6.45) is 11.1. The third-order valence-electron chi connectivity index (χ3n) is 12.0. The first-order valence-electron chi connectivity index (χ1n) is 18.3. The number of ether oxygens (including phenoxy) is 1. The van der Waals surface area contributed by atoms with Gasteiger partial charge in [0.1, 0.15) is 5.75 Å². The number of nitrogens with zero attached hydrogens (tertiary/aromatic N) is 4. The molecule has 262 valence electrons. The Morgan fingerprint density at radius 1 is 0.898 bits per heavy atom. The van der Waals surface area contributed by atoms with Crippen molar-refractivity contribution in [2.45, 2.75) is 95.2 Å². The molecule has 0 radical (unpaired) electrons. The molecule has 3 aliphatic heterocycles. The van der Waals surface area contributed by atoms with Gasteiger partial charge in [0.15, 0.2) is 0 Å². The molecule has 3 saturated heterocycles. The molecule has 5 aliphatic rings. The zero-order chi connectivity index (χ0) is 33.9. The van der Waals surface area contributed by atoms with E-state index in [-0.39, 0.29) is 18.0 Å². The molecule has 2 aromatic carbocycles. The Labute approximate surface area is 289 Å². The van der Waals surface area contributed by atoms with E-state index in [0.717, 1.165) is 92.4 Å².